The second kappa shape index (κ2) is 14.6. The molecule has 0 saturated carbocycles. The van der Waals surface area contributed by atoms with E-state index >= 15 is 0 Å². The number of phenolic OH excluding ortho intramolecular Hbond substituents is 2. The minimum Gasteiger partial charge on any atom is -0.507 e. The van der Waals surface area contributed by atoms with Crippen LogP contribution >= 0.6 is 11.3 Å². The van der Waals surface area contributed by atoms with Crippen LogP contribution in [0.5, 0.6) is 11.5 Å². The van der Waals surface area contributed by atoms with Gasteiger partial charge in [-0.15, -0.1) is 11.3 Å². The van der Waals surface area contributed by atoms with Crippen molar-refractivity contribution in [3.63, 3.8) is 0 Å². The molecule has 0 spiro atoms. The third-order valence-electron chi connectivity index (χ3n) is 8.11. The molecule has 1 heterocycles. The summed E-state index contributed by atoms with van der Waals surface area (Å²) in [5.41, 5.74) is 9.71. The molecule has 5 heteroatoms. The van der Waals surface area contributed by atoms with Gasteiger partial charge in [-0.05, 0) is 82.9 Å². The van der Waals surface area contributed by atoms with Gasteiger partial charge in [0.2, 0.25) is 0 Å². The Kier molecular flexibility index (Phi) is 9.35. The molecule has 7 rings (SSSR count). The molecule has 236 valence electrons. The van der Waals surface area contributed by atoms with Gasteiger partial charge < -0.3 is 10.2 Å². The molecule has 0 saturated heterocycles. The number of thiophene rings is 1. The summed E-state index contributed by atoms with van der Waals surface area (Å²) in [5, 5.41) is 20.2. The van der Waals surface area contributed by atoms with E-state index in [1.54, 1.807) is 48.0 Å². The second-order valence-corrected chi connectivity index (χ2v) is 12.5. The lowest BCUT2D eigenvalue weighted by atomic mass is 9.97. The number of benzene rings is 6. The molecule has 0 aliphatic carbocycles. The van der Waals surface area contributed by atoms with E-state index < -0.39 is 0 Å². The summed E-state index contributed by atoms with van der Waals surface area (Å²) in [4.78, 5) is 9.20. The van der Waals surface area contributed by atoms with Gasteiger partial charge in [-0.2, -0.15) is 0 Å². The molecule has 0 atom stereocenters. The maximum Gasteiger partial charge on any atom is 0.124 e. The first kappa shape index (κ1) is 31.3. The van der Waals surface area contributed by atoms with Crippen LogP contribution in [-0.2, 0) is 0 Å². The fraction of sp³-hybridized carbons (Fsp3) is 0. The third-order valence-corrected chi connectivity index (χ3v) is 9.23. The van der Waals surface area contributed by atoms with Crippen LogP contribution in [0.1, 0.15) is 33.4 Å². The molecule has 2 N–H and O–H groups in total. The minimum atomic E-state index is 0.205. The second-order valence-electron chi connectivity index (χ2n) is 11.4. The van der Waals surface area contributed by atoms with Crippen molar-refractivity contribution in [2.24, 2.45) is 9.98 Å². The van der Waals surface area contributed by atoms with Gasteiger partial charge in [0.1, 0.15) is 11.5 Å². The van der Waals surface area contributed by atoms with Gasteiger partial charge in [-0.1, -0.05) is 109 Å². The van der Waals surface area contributed by atoms with Gasteiger partial charge in [0.25, 0.3) is 0 Å². The van der Waals surface area contributed by atoms with Crippen molar-refractivity contribution in [2.45, 2.75) is 0 Å². The number of phenols is 2. The summed E-state index contributed by atoms with van der Waals surface area (Å²) in [6.07, 6.45) is 3.37. The summed E-state index contributed by atoms with van der Waals surface area (Å²) in [5.74, 6) is 0.410. The third kappa shape index (κ3) is 7.33. The van der Waals surface area contributed by atoms with Gasteiger partial charge in [0.15, 0.2) is 0 Å². The largest absolute Gasteiger partial charge is 0.507 e. The smallest absolute Gasteiger partial charge is 0.124 e. The standard InChI is InChI=1S/C44H32N2O2S/c47-39-17-9-7-15-35(39)29-45-37-23-19-33(20-24-37)43(31-11-3-1-4-12-31)41-27-28-42(49-41)44(32-13-5-2-6-14-32)34-21-25-38(26-22-34)46-30-36-16-8-10-18-40(36)48/h1-30,47-48H/b43-41+,44-42+,45-29?,46-30?. The highest BCUT2D eigenvalue weighted by atomic mass is 32.1. The van der Waals surface area contributed by atoms with Gasteiger partial charge in [0, 0.05) is 43.8 Å². The van der Waals surface area contributed by atoms with Gasteiger partial charge >= 0.3 is 0 Å². The van der Waals surface area contributed by atoms with Gasteiger partial charge in [0.05, 0.1) is 11.4 Å². The predicted octanol–water partition coefficient (Wildman–Crippen LogP) is 9.16. The quantitative estimate of drug-likeness (QED) is 0.161. The first-order chi connectivity index (χ1) is 24.1. The molecule has 0 bridgehead atoms. The Morgan fingerprint density at radius 2 is 0.735 bits per heavy atom. The Hall–Kier alpha value is -6.30. The molecule has 4 nitrogen and oxygen atoms in total. The topological polar surface area (TPSA) is 65.2 Å². The highest BCUT2D eigenvalue weighted by Crippen LogP contribution is 2.27. The molecule has 0 amide bonds. The average Bonchev–Trinajstić information content (AvgIpc) is 3.62. The fourth-order valence-corrected chi connectivity index (χ4v) is 6.81. The number of hydrogen-bond acceptors (Lipinski definition) is 5. The van der Waals surface area contributed by atoms with Crippen molar-refractivity contribution >= 4 is 46.3 Å². The van der Waals surface area contributed by atoms with Crippen LogP contribution in [0.2, 0.25) is 0 Å². The highest BCUT2D eigenvalue weighted by Gasteiger charge is 2.11. The number of aliphatic imine (C=N–C) groups is 2. The van der Waals surface area contributed by atoms with E-state index in [0.29, 0.717) is 11.1 Å². The molecule has 6 aromatic carbocycles. The molecular formula is C44H32N2O2S. The summed E-state index contributed by atoms with van der Waals surface area (Å²) in [6, 6.07) is 56.2. The summed E-state index contributed by atoms with van der Waals surface area (Å²) in [7, 11) is 0. The Labute approximate surface area is 289 Å². The summed E-state index contributed by atoms with van der Waals surface area (Å²) in [6.45, 7) is 0. The van der Waals surface area contributed by atoms with Crippen molar-refractivity contribution in [2.75, 3.05) is 0 Å². The Morgan fingerprint density at radius 3 is 1.12 bits per heavy atom. The van der Waals surface area contributed by atoms with E-state index in [0.717, 1.165) is 53.8 Å². The molecular weight excluding hydrogens is 621 g/mol. The monoisotopic (exact) mass is 652 g/mol. The van der Waals surface area contributed by atoms with E-state index in [-0.39, 0.29) is 11.5 Å². The number of nitrogens with zero attached hydrogens (tertiary/aromatic N) is 2. The molecule has 0 unspecified atom stereocenters. The first-order valence-electron chi connectivity index (χ1n) is 15.9. The number of para-hydroxylation sites is 2. The lowest BCUT2D eigenvalue weighted by Crippen LogP contribution is -2.06. The van der Waals surface area contributed by atoms with Crippen molar-refractivity contribution in [3.8, 4) is 11.5 Å². The number of hydrogen-bond donors (Lipinski definition) is 2. The maximum absolute atomic E-state index is 10.1. The minimum absolute atomic E-state index is 0.205. The maximum atomic E-state index is 10.1. The molecule has 0 fully saturated rings. The van der Waals surface area contributed by atoms with Crippen LogP contribution in [0.25, 0.3) is 11.1 Å². The lowest BCUT2D eigenvalue weighted by Gasteiger charge is -2.09. The predicted molar refractivity (Wildman–Crippen MR) is 203 cm³/mol. The van der Waals surface area contributed by atoms with Crippen molar-refractivity contribution in [3.05, 3.63) is 212 Å². The van der Waals surface area contributed by atoms with Gasteiger partial charge in [-0.25, -0.2) is 0 Å². The SMILES string of the molecule is Oc1ccccc1C=Nc1ccc(/C(c2ccccc2)=c2\cc/c(=C(/c3ccccc3)c3ccc(N=Cc4ccccc4O)cc3)s2)cc1. The molecule has 0 aliphatic heterocycles. The van der Waals surface area contributed by atoms with Crippen molar-refractivity contribution in [1.29, 1.82) is 0 Å². The lowest BCUT2D eigenvalue weighted by molar-refractivity contribution is 0.474. The Balaban J connectivity index is 1.31. The van der Waals surface area contributed by atoms with E-state index in [1.807, 2.05) is 60.7 Å². The molecule has 1 aromatic heterocycles. The fourth-order valence-electron chi connectivity index (χ4n) is 5.63. The normalized spacial score (nSPS) is 12.7. The van der Waals surface area contributed by atoms with Gasteiger partial charge in [-0.3, -0.25) is 9.98 Å². The zero-order chi connectivity index (χ0) is 33.4. The van der Waals surface area contributed by atoms with Crippen LogP contribution in [0, 0.1) is 0 Å². The van der Waals surface area contributed by atoms with Crippen molar-refractivity contribution in [1.82, 2.24) is 0 Å². The highest BCUT2D eigenvalue weighted by molar-refractivity contribution is 7.08. The number of aromatic hydroxyl groups is 2. The Morgan fingerprint density at radius 1 is 0.388 bits per heavy atom. The van der Waals surface area contributed by atoms with Crippen LogP contribution in [0.3, 0.4) is 0 Å². The molecule has 0 aliphatic rings. The van der Waals surface area contributed by atoms with E-state index in [9.17, 15) is 10.2 Å². The van der Waals surface area contributed by atoms with Crippen molar-refractivity contribution < 1.29 is 10.2 Å². The average molecular weight is 653 g/mol. The molecule has 7 aromatic rings. The Bertz CT molecular complexity index is 2210. The zero-order valence-corrected chi connectivity index (χ0v) is 27.3. The zero-order valence-electron chi connectivity index (χ0n) is 26.5. The summed E-state index contributed by atoms with van der Waals surface area (Å²) < 4.78 is 2.31. The van der Waals surface area contributed by atoms with Crippen LogP contribution in [-0.4, -0.2) is 22.6 Å². The van der Waals surface area contributed by atoms with E-state index in [1.165, 1.54) is 0 Å². The van der Waals surface area contributed by atoms with E-state index in [2.05, 4.69) is 94.9 Å². The summed E-state index contributed by atoms with van der Waals surface area (Å²) >= 11 is 1.77. The molecule has 49 heavy (non-hydrogen) atoms. The van der Waals surface area contributed by atoms with Crippen LogP contribution < -0.4 is 9.06 Å². The van der Waals surface area contributed by atoms with Crippen LogP contribution in [0.4, 0.5) is 11.4 Å². The molecule has 0 radical (unpaired) electrons. The van der Waals surface area contributed by atoms with Crippen LogP contribution in [0.15, 0.2) is 180 Å². The first-order valence-corrected chi connectivity index (χ1v) is 16.7. The number of rotatable bonds is 8. The van der Waals surface area contributed by atoms with E-state index in [4.69, 9.17) is 0 Å².